The first-order valence-corrected chi connectivity index (χ1v) is 8.54. The van der Waals surface area contributed by atoms with Gasteiger partial charge in [0.05, 0.1) is 12.3 Å². The van der Waals surface area contributed by atoms with Crippen molar-refractivity contribution in [2.45, 2.75) is 26.0 Å². The van der Waals surface area contributed by atoms with Crippen LogP contribution in [0.2, 0.25) is 0 Å². The van der Waals surface area contributed by atoms with Gasteiger partial charge in [0.15, 0.2) is 6.61 Å². The molecule has 0 saturated carbocycles. The van der Waals surface area contributed by atoms with E-state index in [4.69, 9.17) is 9.84 Å². The van der Waals surface area contributed by atoms with Crippen molar-refractivity contribution in [3.63, 3.8) is 0 Å². The third-order valence-corrected chi connectivity index (χ3v) is 3.69. The summed E-state index contributed by atoms with van der Waals surface area (Å²) in [7, 11) is 0. The van der Waals surface area contributed by atoms with Crippen LogP contribution < -0.4 is 15.5 Å². The van der Waals surface area contributed by atoms with Crippen LogP contribution in [0, 0.1) is 0 Å². The predicted molar refractivity (Wildman–Crippen MR) is 102 cm³/mol. The number of rotatable bonds is 8. The molecule has 0 aliphatic heterocycles. The Bertz CT molecular complexity index is 774. The Morgan fingerprint density at radius 1 is 1.11 bits per heavy atom. The fourth-order valence-electron chi connectivity index (χ4n) is 2.17. The second kappa shape index (κ2) is 10.1. The van der Waals surface area contributed by atoms with Gasteiger partial charge < -0.3 is 15.2 Å². The van der Waals surface area contributed by atoms with E-state index < -0.39 is 12.0 Å². The predicted octanol–water partition coefficient (Wildman–Crippen LogP) is 1.77. The number of hydrogen-bond acceptors (Lipinski definition) is 5. The maximum absolute atomic E-state index is 12.0. The summed E-state index contributed by atoms with van der Waals surface area (Å²) in [6.07, 6.45) is 0.326. The number of aliphatic hydroxyl groups excluding tert-OH is 1. The fourth-order valence-corrected chi connectivity index (χ4v) is 2.17. The average molecular weight is 369 g/mol. The number of amides is 2. The van der Waals surface area contributed by atoms with E-state index in [1.54, 1.807) is 24.3 Å². The van der Waals surface area contributed by atoms with Crippen LogP contribution in [-0.2, 0) is 9.59 Å². The first-order chi connectivity index (χ1) is 13.0. The first kappa shape index (κ1) is 20.1. The normalized spacial score (nSPS) is 13.0. The van der Waals surface area contributed by atoms with E-state index in [0.29, 0.717) is 5.75 Å². The highest BCUT2D eigenvalue weighted by atomic mass is 16.5. The van der Waals surface area contributed by atoms with Gasteiger partial charge in [-0.25, -0.2) is 5.43 Å². The summed E-state index contributed by atoms with van der Waals surface area (Å²) in [5.41, 5.74) is 3.97. The molecule has 0 saturated heterocycles. The second-order valence-electron chi connectivity index (χ2n) is 5.97. The van der Waals surface area contributed by atoms with Crippen LogP contribution in [-0.4, -0.2) is 35.8 Å². The molecule has 0 heterocycles. The van der Waals surface area contributed by atoms with E-state index >= 15 is 0 Å². The van der Waals surface area contributed by atoms with Gasteiger partial charge in [0.25, 0.3) is 11.8 Å². The first-order valence-electron chi connectivity index (χ1n) is 8.54. The standard InChI is InChI=1S/C20H23N3O4/c1-14(17-6-4-3-5-7-17)22-19(25)13-27-18-10-8-16(9-11-18)12-21-23-20(26)15(2)24/h3-12,14-15,24H,13H2,1-2H3,(H,22,25)(H,23,26)/b21-12-/t14-,15+/m1/s1. The summed E-state index contributed by atoms with van der Waals surface area (Å²) in [6.45, 7) is 3.18. The highest BCUT2D eigenvalue weighted by Crippen LogP contribution is 2.13. The van der Waals surface area contributed by atoms with Crippen LogP contribution in [0.25, 0.3) is 0 Å². The number of benzene rings is 2. The molecule has 0 unspecified atom stereocenters. The SMILES string of the molecule is C[C@H](O)C(=O)N/N=C\c1ccc(OCC(=O)N[C@H](C)c2ccccc2)cc1. The van der Waals surface area contributed by atoms with Crippen molar-refractivity contribution in [2.24, 2.45) is 5.10 Å². The zero-order chi connectivity index (χ0) is 19.6. The van der Waals surface area contributed by atoms with Crippen molar-refractivity contribution in [3.05, 3.63) is 65.7 Å². The summed E-state index contributed by atoms with van der Waals surface area (Å²) in [6, 6.07) is 16.5. The van der Waals surface area contributed by atoms with E-state index in [2.05, 4.69) is 15.8 Å². The van der Waals surface area contributed by atoms with Crippen molar-refractivity contribution < 1.29 is 19.4 Å². The molecule has 2 aromatic carbocycles. The molecular formula is C20H23N3O4. The molecule has 0 fully saturated rings. The lowest BCUT2D eigenvalue weighted by atomic mass is 10.1. The lowest BCUT2D eigenvalue weighted by molar-refractivity contribution is -0.128. The molecule has 2 atom stereocenters. The Kier molecular flexibility index (Phi) is 7.51. The largest absolute Gasteiger partial charge is 0.484 e. The Balaban J connectivity index is 1.78. The van der Waals surface area contributed by atoms with E-state index in [9.17, 15) is 9.59 Å². The molecule has 2 amide bonds. The van der Waals surface area contributed by atoms with Gasteiger partial charge in [-0.15, -0.1) is 0 Å². The quantitative estimate of drug-likeness (QED) is 0.488. The van der Waals surface area contributed by atoms with Crippen LogP contribution >= 0.6 is 0 Å². The molecule has 3 N–H and O–H groups in total. The van der Waals surface area contributed by atoms with Crippen molar-refractivity contribution in [2.75, 3.05) is 6.61 Å². The Hall–Kier alpha value is -3.19. The van der Waals surface area contributed by atoms with Gasteiger partial charge >= 0.3 is 0 Å². The van der Waals surface area contributed by atoms with E-state index in [0.717, 1.165) is 11.1 Å². The van der Waals surface area contributed by atoms with Crippen molar-refractivity contribution >= 4 is 18.0 Å². The van der Waals surface area contributed by atoms with Crippen LogP contribution in [0.15, 0.2) is 59.7 Å². The third kappa shape index (κ3) is 6.91. The molecule has 142 valence electrons. The third-order valence-electron chi connectivity index (χ3n) is 3.69. The Labute approximate surface area is 158 Å². The molecule has 0 bridgehead atoms. The van der Waals surface area contributed by atoms with Gasteiger partial charge in [0.1, 0.15) is 11.9 Å². The molecule has 0 aromatic heterocycles. The highest BCUT2D eigenvalue weighted by molar-refractivity contribution is 5.84. The summed E-state index contributed by atoms with van der Waals surface area (Å²) >= 11 is 0. The number of hydrogen-bond donors (Lipinski definition) is 3. The van der Waals surface area contributed by atoms with Crippen LogP contribution in [0.1, 0.15) is 31.0 Å². The molecule has 0 spiro atoms. The molecule has 0 aliphatic carbocycles. The lowest BCUT2D eigenvalue weighted by Crippen LogP contribution is -2.31. The zero-order valence-corrected chi connectivity index (χ0v) is 15.3. The topological polar surface area (TPSA) is 100 Å². The fraction of sp³-hybridized carbons (Fsp3) is 0.250. The van der Waals surface area contributed by atoms with Gasteiger partial charge in [-0.05, 0) is 49.2 Å². The number of aliphatic hydroxyl groups is 1. The van der Waals surface area contributed by atoms with Crippen molar-refractivity contribution in [1.82, 2.24) is 10.7 Å². The van der Waals surface area contributed by atoms with Crippen LogP contribution in [0.4, 0.5) is 0 Å². The van der Waals surface area contributed by atoms with E-state index in [1.807, 2.05) is 37.3 Å². The molecule has 0 radical (unpaired) electrons. The van der Waals surface area contributed by atoms with E-state index in [-0.39, 0.29) is 18.6 Å². The van der Waals surface area contributed by atoms with Gasteiger partial charge in [0, 0.05) is 0 Å². The second-order valence-corrected chi connectivity index (χ2v) is 5.97. The molecule has 7 nitrogen and oxygen atoms in total. The number of nitrogens with zero attached hydrogens (tertiary/aromatic N) is 1. The van der Waals surface area contributed by atoms with Gasteiger partial charge in [-0.2, -0.15) is 5.10 Å². The van der Waals surface area contributed by atoms with Crippen LogP contribution in [0.5, 0.6) is 5.75 Å². The average Bonchev–Trinajstić information content (AvgIpc) is 2.67. The minimum atomic E-state index is -1.12. The summed E-state index contributed by atoms with van der Waals surface area (Å²) in [5.74, 6) is -0.248. The maximum Gasteiger partial charge on any atom is 0.268 e. The number of nitrogens with one attached hydrogen (secondary N) is 2. The Morgan fingerprint density at radius 2 is 1.78 bits per heavy atom. The smallest absolute Gasteiger partial charge is 0.268 e. The number of carbonyl (C=O) groups is 2. The molecule has 0 aliphatic rings. The number of carbonyl (C=O) groups excluding carboxylic acids is 2. The van der Waals surface area contributed by atoms with E-state index in [1.165, 1.54) is 13.1 Å². The highest BCUT2D eigenvalue weighted by Gasteiger charge is 2.09. The minimum Gasteiger partial charge on any atom is -0.484 e. The van der Waals surface area contributed by atoms with Crippen molar-refractivity contribution in [3.8, 4) is 5.75 Å². The maximum atomic E-state index is 12.0. The summed E-state index contributed by atoms with van der Waals surface area (Å²) < 4.78 is 5.47. The van der Waals surface area contributed by atoms with Gasteiger partial charge in [-0.1, -0.05) is 30.3 Å². The Morgan fingerprint density at radius 3 is 2.41 bits per heavy atom. The van der Waals surface area contributed by atoms with Gasteiger partial charge in [-0.3, -0.25) is 9.59 Å². The lowest BCUT2D eigenvalue weighted by Gasteiger charge is -2.14. The summed E-state index contributed by atoms with van der Waals surface area (Å²) in [5, 5.41) is 15.7. The molecule has 2 aromatic rings. The monoisotopic (exact) mass is 369 g/mol. The number of ether oxygens (including phenoxy) is 1. The molecule has 7 heteroatoms. The molecule has 2 rings (SSSR count). The molecular weight excluding hydrogens is 346 g/mol. The minimum absolute atomic E-state index is 0.0882. The summed E-state index contributed by atoms with van der Waals surface area (Å²) in [4.78, 5) is 23.2. The van der Waals surface area contributed by atoms with Gasteiger partial charge in [0.2, 0.25) is 0 Å². The molecule has 27 heavy (non-hydrogen) atoms. The van der Waals surface area contributed by atoms with Crippen molar-refractivity contribution in [1.29, 1.82) is 0 Å². The van der Waals surface area contributed by atoms with Crippen LogP contribution in [0.3, 0.4) is 0 Å². The number of hydrazone groups is 1. The zero-order valence-electron chi connectivity index (χ0n) is 15.3.